The Morgan fingerprint density at radius 1 is 0.842 bits per heavy atom. The number of aromatic nitrogens is 3. The highest BCUT2D eigenvalue weighted by atomic mass is 33.1. The molecule has 4 atom stereocenters. The lowest BCUT2D eigenvalue weighted by molar-refractivity contribution is -0.163. The number of anilines is 1. The maximum absolute atomic E-state index is 14.8. The lowest BCUT2D eigenvalue weighted by atomic mass is 9.72. The summed E-state index contributed by atoms with van der Waals surface area (Å²) in [4.78, 5) is 29.8. The fourth-order valence-corrected chi connectivity index (χ4v) is 13.4. The normalized spacial score (nSPS) is 24.9. The average molecular weight is 835 g/mol. The first-order chi connectivity index (χ1) is 27.6. The van der Waals surface area contributed by atoms with Crippen LogP contribution in [0.1, 0.15) is 49.9 Å². The summed E-state index contributed by atoms with van der Waals surface area (Å²) in [5.74, 6) is 0.137. The summed E-state index contributed by atoms with van der Waals surface area (Å²) in [7, 11) is 0.174. The SMILES string of the molecule is CCCOCCOCCOCc1cn(CCCOc2ccc([C@]34C[C@@]56SS[C@@](C)(C(=O)N5[C@H]3N(S(=O)(=O)c3ccccc3)c3ccccc34)N(C)C6=O)cc2)nn1. The lowest BCUT2D eigenvalue weighted by Gasteiger charge is -2.58. The first-order valence-electron chi connectivity index (χ1n) is 19.1. The van der Waals surface area contributed by atoms with E-state index in [-0.39, 0.29) is 23.1 Å². The van der Waals surface area contributed by atoms with E-state index in [9.17, 15) is 18.0 Å². The van der Waals surface area contributed by atoms with E-state index >= 15 is 0 Å². The van der Waals surface area contributed by atoms with Gasteiger partial charge in [0.2, 0.25) is 0 Å². The maximum atomic E-state index is 14.8. The number of carbonyl (C=O) groups is 2. The first kappa shape index (κ1) is 39.7. The van der Waals surface area contributed by atoms with Gasteiger partial charge in [-0.1, -0.05) is 82.3 Å². The summed E-state index contributed by atoms with van der Waals surface area (Å²) in [6.07, 6.45) is 2.68. The van der Waals surface area contributed by atoms with Crippen molar-refractivity contribution in [3.63, 3.8) is 0 Å². The third-order valence-electron chi connectivity index (χ3n) is 11.1. The minimum atomic E-state index is -4.21. The van der Waals surface area contributed by atoms with Crippen LogP contribution in [0.2, 0.25) is 0 Å². The minimum absolute atomic E-state index is 0.104. The molecule has 57 heavy (non-hydrogen) atoms. The topological polar surface area (TPSA) is 146 Å². The van der Waals surface area contributed by atoms with Gasteiger partial charge in [0.1, 0.15) is 17.6 Å². The molecule has 302 valence electrons. The predicted molar refractivity (Wildman–Crippen MR) is 216 cm³/mol. The standard InChI is InChI=1S/C40H46N6O8S3/c1-4-20-51-22-23-52-24-25-53-27-30-26-44(42-41-30)19-10-21-54-31-17-15-29(16-18-31)39-28-40-37(48)43(3)38(2,55-56-40)36(47)45(40)35(39)46(34-14-9-8-13-33(34)39)57(49,50)32-11-6-5-7-12-32/h5-9,11-18,26,35H,4,10,19-25,27-28H2,1-3H3/t35-,38-,39-,40-/m0/s1. The van der Waals surface area contributed by atoms with Crippen molar-refractivity contribution in [1.82, 2.24) is 24.8 Å². The van der Waals surface area contributed by atoms with Crippen molar-refractivity contribution in [1.29, 1.82) is 0 Å². The number of benzene rings is 3. The quantitative estimate of drug-likeness (QED) is 0.0979. The van der Waals surface area contributed by atoms with Gasteiger partial charge >= 0.3 is 0 Å². The second kappa shape index (κ2) is 15.9. The zero-order valence-corrected chi connectivity index (χ0v) is 34.6. The Kier molecular flexibility index (Phi) is 11.1. The number of nitrogens with zero attached hydrogens (tertiary/aromatic N) is 6. The van der Waals surface area contributed by atoms with Gasteiger partial charge in [-0.3, -0.25) is 19.2 Å². The second-order valence-corrected chi connectivity index (χ2v) is 19.2. The Bertz CT molecular complexity index is 2210. The molecule has 4 aromatic rings. The Balaban J connectivity index is 0.990. The molecule has 1 aromatic heterocycles. The van der Waals surface area contributed by atoms with Crippen molar-refractivity contribution in [3.05, 3.63) is 102 Å². The smallest absolute Gasteiger partial charge is 0.266 e. The van der Waals surface area contributed by atoms with Crippen molar-refractivity contribution < 1.29 is 37.0 Å². The zero-order valence-electron chi connectivity index (χ0n) is 32.1. The zero-order chi connectivity index (χ0) is 39.8. The Morgan fingerprint density at radius 2 is 1.54 bits per heavy atom. The third-order valence-corrected chi connectivity index (χ3v) is 16.6. The summed E-state index contributed by atoms with van der Waals surface area (Å²) in [6, 6.07) is 23.3. The van der Waals surface area contributed by atoms with Crippen LogP contribution in [0.3, 0.4) is 0 Å². The molecule has 5 aliphatic heterocycles. The first-order valence-corrected chi connectivity index (χ1v) is 22.7. The van der Waals surface area contributed by atoms with Gasteiger partial charge < -0.3 is 23.8 Å². The molecule has 6 heterocycles. The van der Waals surface area contributed by atoms with Crippen molar-refractivity contribution in [2.75, 3.05) is 51.0 Å². The number of aryl methyl sites for hydroxylation is 1. The molecule has 0 radical (unpaired) electrons. The van der Waals surface area contributed by atoms with Crippen LogP contribution in [0.15, 0.2) is 90.0 Å². The van der Waals surface area contributed by atoms with E-state index < -0.39 is 31.3 Å². The molecule has 0 saturated carbocycles. The van der Waals surface area contributed by atoms with E-state index in [0.29, 0.717) is 64.0 Å². The number of rotatable bonds is 18. The number of amides is 2. The monoisotopic (exact) mass is 834 g/mol. The Morgan fingerprint density at radius 3 is 2.30 bits per heavy atom. The number of carbonyl (C=O) groups excluding carboxylic acids is 2. The molecular formula is C40H46N6O8S3. The molecule has 2 bridgehead atoms. The van der Waals surface area contributed by atoms with E-state index in [1.807, 2.05) is 42.6 Å². The van der Waals surface area contributed by atoms with Crippen LogP contribution >= 0.6 is 21.6 Å². The number of fused-ring (bicyclic) bond motifs is 5. The van der Waals surface area contributed by atoms with Crippen LogP contribution in [-0.2, 0) is 52.4 Å². The van der Waals surface area contributed by atoms with E-state index in [1.54, 1.807) is 66.0 Å². The number of hydrogen-bond acceptors (Lipinski definition) is 12. The molecule has 4 fully saturated rings. The van der Waals surface area contributed by atoms with Gasteiger partial charge in [0.25, 0.3) is 21.8 Å². The van der Waals surface area contributed by atoms with Crippen molar-refractivity contribution in [2.24, 2.45) is 0 Å². The highest BCUT2D eigenvalue weighted by Gasteiger charge is 2.79. The van der Waals surface area contributed by atoms with Crippen molar-refractivity contribution >= 4 is 49.1 Å². The summed E-state index contributed by atoms with van der Waals surface area (Å²) >= 11 is 0. The fraction of sp³-hybridized carbons (Fsp3) is 0.450. The molecule has 1 spiro atoms. The van der Waals surface area contributed by atoms with Crippen LogP contribution in [-0.4, -0.2) is 108 Å². The van der Waals surface area contributed by atoms with E-state index in [0.717, 1.165) is 29.8 Å². The summed E-state index contributed by atoms with van der Waals surface area (Å²) in [6.45, 7) is 7.97. The van der Waals surface area contributed by atoms with Crippen LogP contribution in [0.25, 0.3) is 0 Å². The average Bonchev–Trinajstić information content (AvgIpc) is 3.89. The summed E-state index contributed by atoms with van der Waals surface area (Å²) in [5, 5.41) is 8.41. The predicted octanol–water partition coefficient (Wildman–Crippen LogP) is 5.04. The number of piperazine rings is 1. The number of ether oxygens (including phenoxy) is 4. The maximum Gasteiger partial charge on any atom is 0.266 e. The molecule has 2 amide bonds. The molecule has 0 unspecified atom stereocenters. The van der Waals surface area contributed by atoms with Gasteiger partial charge in [-0.2, -0.15) is 0 Å². The minimum Gasteiger partial charge on any atom is -0.494 e. The van der Waals surface area contributed by atoms with Crippen LogP contribution in [0.4, 0.5) is 5.69 Å². The largest absolute Gasteiger partial charge is 0.494 e. The number of para-hydroxylation sites is 1. The van der Waals surface area contributed by atoms with Crippen molar-refractivity contribution in [2.45, 2.75) is 72.5 Å². The van der Waals surface area contributed by atoms with Gasteiger partial charge in [-0.15, -0.1) is 5.10 Å². The molecule has 0 N–H and O–H groups in total. The lowest BCUT2D eigenvalue weighted by Crippen LogP contribution is -2.76. The Hall–Kier alpha value is -4.13. The molecule has 4 saturated heterocycles. The highest BCUT2D eigenvalue weighted by molar-refractivity contribution is 8.78. The molecular weight excluding hydrogens is 789 g/mol. The van der Waals surface area contributed by atoms with Crippen LogP contribution < -0.4 is 9.04 Å². The van der Waals surface area contributed by atoms with Crippen molar-refractivity contribution in [3.8, 4) is 5.75 Å². The molecule has 14 nitrogen and oxygen atoms in total. The molecule has 3 aromatic carbocycles. The molecule has 0 aliphatic carbocycles. The number of likely N-dealkylation sites (N-methyl/N-ethyl adjacent to an activating group) is 1. The van der Waals surface area contributed by atoms with E-state index in [2.05, 4.69) is 17.2 Å². The highest BCUT2D eigenvalue weighted by Crippen LogP contribution is 2.71. The third kappa shape index (κ3) is 6.69. The van der Waals surface area contributed by atoms with Crippen LogP contribution in [0, 0.1) is 0 Å². The van der Waals surface area contributed by atoms with E-state index in [4.69, 9.17) is 18.9 Å². The summed E-state index contributed by atoms with van der Waals surface area (Å²) in [5.41, 5.74) is 1.68. The van der Waals surface area contributed by atoms with Gasteiger partial charge in [0, 0.05) is 33.0 Å². The molecule has 17 heteroatoms. The summed E-state index contributed by atoms with van der Waals surface area (Å²) < 4.78 is 55.4. The van der Waals surface area contributed by atoms with Crippen LogP contribution in [0.5, 0.6) is 5.75 Å². The second-order valence-electron chi connectivity index (χ2n) is 14.6. The number of hydrogen-bond donors (Lipinski definition) is 0. The molecule has 5 aliphatic rings. The van der Waals surface area contributed by atoms with Gasteiger partial charge in [-0.25, -0.2) is 12.7 Å². The van der Waals surface area contributed by atoms with E-state index in [1.165, 1.54) is 30.8 Å². The number of sulfonamides is 1. The van der Waals surface area contributed by atoms with Gasteiger partial charge in [0.05, 0.1) is 61.8 Å². The molecule has 9 rings (SSSR count). The van der Waals surface area contributed by atoms with Gasteiger partial charge in [0.15, 0.2) is 9.74 Å². The fourth-order valence-electron chi connectivity index (χ4n) is 8.22. The van der Waals surface area contributed by atoms with Gasteiger partial charge in [-0.05, 0) is 54.8 Å². The Labute approximate surface area is 340 Å².